The van der Waals surface area contributed by atoms with E-state index in [-0.39, 0.29) is 24.5 Å². The smallest absolute Gasteiger partial charge is 0.335 e. The number of fused-ring (bicyclic) bond motifs is 1. The number of nitrogens with zero attached hydrogens (tertiary/aromatic N) is 2. The van der Waals surface area contributed by atoms with E-state index >= 15 is 0 Å². The fourth-order valence-electron chi connectivity index (χ4n) is 3.59. The topological polar surface area (TPSA) is 71.5 Å². The minimum atomic E-state index is -0.980. The number of rotatable bonds is 8. The summed E-state index contributed by atoms with van der Waals surface area (Å²) in [6, 6.07) is 13.3. The van der Waals surface area contributed by atoms with Gasteiger partial charge in [0.15, 0.2) is 0 Å². The molecule has 0 aliphatic carbocycles. The number of carboxylic acid groups (broad SMARTS) is 1. The van der Waals surface area contributed by atoms with E-state index in [2.05, 4.69) is 28.6 Å². The minimum Gasteiger partial charge on any atom is -0.478 e. The van der Waals surface area contributed by atoms with Crippen LogP contribution >= 0.6 is 11.9 Å². The molecule has 0 atom stereocenters. The third kappa shape index (κ3) is 4.52. The van der Waals surface area contributed by atoms with E-state index in [1.807, 2.05) is 24.8 Å². The van der Waals surface area contributed by atoms with Gasteiger partial charge in [0.1, 0.15) is 5.83 Å². The average molecular weight is 428 g/mol. The number of anilines is 1. The van der Waals surface area contributed by atoms with Crippen LogP contribution in [0.15, 0.2) is 54.4 Å². The molecule has 0 unspecified atom stereocenters. The van der Waals surface area contributed by atoms with Crippen LogP contribution in [0.4, 0.5) is 10.1 Å². The van der Waals surface area contributed by atoms with Gasteiger partial charge in [-0.1, -0.05) is 24.1 Å². The summed E-state index contributed by atoms with van der Waals surface area (Å²) >= 11 is 1.63. The number of carbonyl (C=O) groups is 1. The highest BCUT2D eigenvalue weighted by Crippen LogP contribution is 2.31. The Morgan fingerprint density at radius 1 is 1.27 bits per heavy atom. The number of benzene rings is 2. The predicted molar refractivity (Wildman–Crippen MR) is 123 cm³/mol. The van der Waals surface area contributed by atoms with Crippen molar-refractivity contribution in [2.24, 2.45) is 5.73 Å². The van der Waals surface area contributed by atoms with E-state index in [4.69, 9.17) is 5.73 Å². The number of halogens is 1. The lowest BCUT2D eigenvalue weighted by Gasteiger charge is -2.15. The first-order valence-electron chi connectivity index (χ1n) is 9.62. The molecule has 0 fully saturated rings. The molecule has 0 saturated carbocycles. The number of hydrogen-bond donors (Lipinski definition) is 2. The molecule has 0 spiro atoms. The van der Waals surface area contributed by atoms with Gasteiger partial charge in [0.2, 0.25) is 0 Å². The van der Waals surface area contributed by atoms with Crippen LogP contribution in [0.1, 0.15) is 27.2 Å². The maximum atomic E-state index is 14.3. The standard InChI is InChI=1S/C23H26FN3O2S/c1-15-20(12-16-4-7-19(8-5-16)26(2)30-3)21-13-17(23(28)29)6-9-22(21)27(15)14-18(24)10-11-25/h4-10,13H,11-12,14,25H2,1-3H3,(H,28,29)/b18-10-. The van der Waals surface area contributed by atoms with Crippen LogP contribution in [0.3, 0.4) is 0 Å². The van der Waals surface area contributed by atoms with E-state index in [1.165, 1.54) is 6.08 Å². The summed E-state index contributed by atoms with van der Waals surface area (Å²) in [5, 5.41) is 10.3. The molecule has 3 rings (SSSR count). The van der Waals surface area contributed by atoms with Gasteiger partial charge in [-0.15, -0.1) is 0 Å². The monoisotopic (exact) mass is 427 g/mol. The largest absolute Gasteiger partial charge is 0.478 e. The molecule has 3 N–H and O–H groups in total. The van der Waals surface area contributed by atoms with Gasteiger partial charge in [-0.05, 0) is 60.9 Å². The number of aromatic carboxylic acids is 1. The van der Waals surface area contributed by atoms with Gasteiger partial charge in [0.25, 0.3) is 0 Å². The zero-order chi connectivity index (χ0) is 21.8. The second-order valence-electron chi connectivity index (χ2n) is 7.10. The lowest BCUT2D eigenvalue weighted by atomic mass is 10.0. The Labute approximate surface area is 180 Å². The van der Waals surface area contributed by atoms with Crippen LogP contribution in [-0.2, 0) is 13.0 Å². The van der Waals surface area contributed by atoms with Crippen LogP contribution in [0.25, 0.3) is 10.9 Å². The third-order valence-electron chi connectivity index (χ3n) is 5.30. The molecule has 0 bridgehead atoms. The predicted octanol–water partition coefficient (Wildman–Crippen LogP) is 4.77. The number of nitrogens with two attached hydrogens (primary N) is 1. The van der Waals surface area contributed by atoms with Gasteiger partial charge in [-0.3, -0.25) is 0 Å². The summed E-state index contributed by atoms with van der Waals surface area (Å²) in [4.78, 5) is 11.5. The lowest BCUT2D eigenvalue weighted by molar-refractivity contribution is 0.0697. The highest BCUT2D eigenvalue weighted by Gasteiger charge is 2.17. The molecule has 2 aromatic carbocycles. The second-order valence-corrected chi connectivity index (χ2v) is 8.01. The zero-order valence-electron chi connectivity index (χ0n) is 17.4. The van der Waals surface area contributed by atoms with Crippen molar-refractivity contribution < 1.29 is 14.3 Å². The van der Waals surface area contributed by atoms with Gasteiger partial charge in [-0.2, -0.15) is 0 Å². The Morgan fingerprint density at radius 3 is 2.57 bits per heavy atom. The summed E-state index contributed by atoms with van der Waals surface area (Å²) in [6.07, 6.45) is 4.01. The van der Waals surface area contributed by atoms with Crippen molar-refractivity contribution in [2.75, 3.05) is 24.2 Å². The molecule has 1 aromatic heterocycles. The third-order valence-corrected chi connectivity index (χ3v) is 6.06. The highest BCUT2D eigenvalue weighted by molar-refractivity contribution is 7.99. The first-order valence-corrected chi connectivity index (χ1v) is 10.8. The van der Waals surface area contributed by atoms with E-state index in [9.17, 15) is 14.3 Å². The van der Waals surface area contributed by atoms with E-state index in [1.54, 1.807) is 30.1 Å². The molecule has 0 radical (unpaired) electrons. The van der Waals surface area contributed by atoms with E-state index < -0.39 is 5.97 Å². The van der Waals surface area contributed by atoms with Crippen molar-refractivity contribution in [1.82, 2.24) is 4.57 Å². The van der Waals surface area contributed by atoms with Crippen molar-refractivity contribution in [2.45, 2.75) is 19.9 Å². The summed E-state index contributed by atoms with van der Waals surface area (Å²) in [7, 11) is 2.01. The van der Waals surface area contributed by atoms with Gasteiger partial charge in [0.05, 0.1) is 12.1 Å². The van der Waals surface area contributed by atoms with Gasteiger partial charge < -0.3 is 19.7 Å². The number of carboxylic acids is 1. The van der Waals surface area contributed by atoms with Crippen LogP contribution in [-0.4, -0.2) is 35.5 Å². The number of hydrogen-bond acceptors (Lipinski definition) is 4. The molecular formula is C23H26FN3O2S. The fourth-order valence-corrected chi connectivity index (χ4v) is 3.92. The second kappa shape index (κ2) is 9.36. The average Bonchev–Trinajstić information content (AvgIpc) is 2.99. The molecular weight excluding hydrogens is 401 g/mol. The number of allylic oxidation sites excluding steroid dienone is 1. The van der Waals surface area contributed by atoms with E-state index in [0.717, 1.165) is 33.4 Å². The van der Waals surface area contributed by atoms with Crippen LogP contribution in [0, 0.1) is 6.92 Å². The maximum Gasteiger partial charge on any atom is 0.335 e. The van der Waals surface area contributed by atoms with Gasteiger partial charge in [-0.25, -0.2) is 9.18 Å². The molecule has 0 saturated heterocycles. The molecule has 5 nitrogen and oxygen atoms in total. The van der Waals surface area contributed by atoms with Gasteiger partial charge >= 0.3 is 5.97 Å². The molecule has 7 heteroatoms. The van der Waals surface area contributed by atoms with Crippen molar-refractivity contribution in [3.8, 4) is 0 Å². The van der Waals surface area contributed by atoms with Crippen molar-refractivity contribution in [1.29, 1.82) is 0 Å². The molecule has 0 aliphatic rings. The summed E-state index contributed by atoms with van der Waals surface area (Å²) in [5.74, 6) is -1.29. The Kier molecular flexibility index (Phi) is 6.84. The first kappa shape index (κ1) is 21.9. The fraction of sp³-hybridized carbons (Fsp3) is 0.261. The Bertz CT molecular complexity index is 1090. The molecule has 0 amide bonds. The Hall–Kier alpha value is -2.77. The number of aromatic nitrogens is 1. The normalized spacial score (nSPS) is 11.8. The van der Waals surface area contributed by atoms with Crippen LogP contribution in [0.5, 0.6) is 0 Å². The maximum absolute atomic E-state index is 14.3. The molecule has 30 heavy (non-hydrogen) atoms. The lowest BCUT2D eigenvalue weighted by Crippen LogP contribution is -2.05. The van der Waals surface area contributed by atoms with Crippen molar-refractivity contribution in [3.05, 3.63) is 76.8 Å². The quantitative estimate of drug-likeness (QED) is 0.507. The minimum absolute atomic E-state index is 0.0728. The van der Waals surface area contributed by atoms with E-state index in [0.29, 0.717) is 6.42 Å². The molecule has 1 heterocycles. The Morgan fingerprint density at radius 2 is 1.97 bits per heavy atom. The summed E-state index contributed by atoms with van der Waals surface area (Å²) in [5.41, 5.74) is 10.6. The van der Waals surface area contributed by atoms with Crippen molar-refractivity contribution >= 4 is 34.5 Å². The SMILES string of the molecule is CSN(C)c1ccc(Cc2c(C)n(C/C(F)=C/CN)c3ccc(C(=O)O)cc23)cc1. The molecule has 158 valence electrons. The van der Waals surface area contributed by atoms with Gasteiger partial charge in [0, 0.05) is 42.1 Å². The van der Waals surface area contributed by atoms with Crippen LogP contribution in [0.2, 0.25) is 0 Å². The van der Waals surface area contributed by atoms with Crippen LogP contribution < -0.4 is 10.0 Å². The van der Waals surface area contributed by atoms with Crippen molar-refractivity contribution in [3.63, 3.8) is 0 Å². The summed E-state index contributed by atoms with van der Waals surface area (Å²) < 4.78 is 18.2. The molecule has 0 aliphatic heterocycles. The summed E-state index contributed by atoms with van der Waals surface area (Å²) in [6.45, 7) is 2.15. The molecule has 3 aromatic rings. The zero-order valence-corrected chi connectivity index (χ0v) is 18.2. The highest BCUT2D eigenvalue weighted by atomic mass is 32.2. The first-order chi connectivity index (χ1) is 14.3. The Balaban J connectivity index is 2.07.